The molecule has 0 unspecified atom stereocenters. The van der Waals surface area contributed by atoms with Crippen molar-refractivity contribution in [2.24, 2.45) is 0 Å². The Morgan fingerprint density at radius 1 is 1.64 bits per heavy atom. The third-order valence-electron chi connectivity index (χ3n) is 2.25. The van der Waals surface area contributed by atoms with Gasteiger partial charge in [0, 0.05) is 4.88 Å². The molecule has 0 atom stereocenters. The molecule has 0 bridgehead atoms. The van der Waals surface area contributed by atoms with Crippen LogP contribution >= 0.6 is 11.3 Å². The molecule has 1 aliphatic carbocycles. The standard InChI is InChI=1S/C9H9NS/c1-7-4-8(5-11-7)9(6-10)2-3-9/h4-5H,2-3H2,1H3. The van der Waals surface area contributed by atoms with Crippen LogP contribution in [0.2, 0.25) is 0 Å². The average molecular weight is 163 g/mol. The lowest BCUT2D eigenvalue weighted by atomic mass is 10.0. The molecule has 56 valence electrons. The fourth-order valence-electron chi connectivity index (χ4n) is 1.28. The first-order valence-corrected chi connectivity index (χ1v) is 4.62. The van der Waals surface area contributed by atoms with E-state index in [9.17, 15) is 0 Å². The number of hydrogen-bond acceptors (Lipinski definition) is 2. The minimum Gasteiger partial charge on any atom is -0.197 e. The number of nitriles is 1. The molecule has 1 fully saturated rings. The molecule has 1 aromatic heterocycles. The van der Waals surface area contributed by atoms with Crippen molar-refractivity contribution in [2.75, 3.05) is 0 Å². The summed E-state index contributed by atoms with van der Waals surface area (Å²) >= 11 is 1.74. The topological polar surface area (TPSA) is 23.8 Å². The summed E-state index contributed by atoms with van der Waals surface area (Å²) in [5.74, 6) is 0. The Bertz CT molecular complexity index is 315. The summed E-state index contributed by atoms with van der Waals surface area (Å²) in [7, 11) is 0. The highest BCUT2D eigenvalue weighted by Gasteiger charge is 2.45. The minimum atomic E-state index is -0.0786. The zero-order chi connectivity index (χ0) is 7.90. The maximum atomic E-state index is 8.87. The molecule has 1 heterocycles. The molecule has 0 radical (unpaired) electrons. The van der Waals surface area contributed by atoms with Crippen LogP contribution in [0.3, 0.4) is 0 Å². The number of rotatable bonds is 1. The van der Waals surface area contributed by atoms with Crippen LogP contribution in [-0.4, -0.2) is 0 Å². The van der Waals surface area contributed by atoms with Gasteiger partial charge in [-0.25, -0.2) is 0 Å². The molecular weight excluding hydrogens is 154 g/mol. The maximum Gasteiger partial charge on any atom is 0.0831 e. The van der Waals surface area contributed by atoms with Gasteiger partial charge >= 0.3 is 0 Å². The van der Waals surface area contributed by atoms with E-state index in [2.05, 4.69) is 24.4 Å². The quantitative estimate of drug-likeness (QED) is 0.624. The molecule has 1 nitrogen and oxygen atoms in total. The van der Waals surface area contributed by atoms with E-state index in [0.717, 1.165) is 12.8 Å². The molecule has 1 saturated carbocycles. The molecular formula is C9H9NS. The SMILES string of the molecule is Cc1cc(C2(C#N)CC2)cs1. The predicted octanol–water partition coefficient (Wildman–Crippen LogP) is 2.61. The molecule has 11 heavy (non-hydrogen) atoms. The molecule has 1 aromatic rings. The van der Waals surface area contributed by atoms with Crippen molar-refractivity contribution < 1.29 is 0 Å². The zero-order valence-electron chi connectivity index (χ0n) is 6.42. The lowest BCUT2D eigenvalue weighted by Crippen LogP contribution is -1.99. The Morgan fingerprint density at radius 3 is 2.73 bits per heavy atom. The molecule has 1 aliphatic rings. The molecule has 0 aromatic carbocycles. The summed E-state index contributed by atoms with van der Waals surface area (Å²) in [6.07, 6.45) is 2.11. The highest BCUT2D eigenvalue weighted by molar-refractivity contribution is 7.10. The predicted molar refractivity (Wildman–Crippen MR) is 45.6 cm³/mol. The third-order valence-corrected chi connectivity index (χ3v) is 3.11. The van der Waals surface area contributed by atoms with Gasteiger partial charge in [-0.1, -0.05) is 0 Å². The molecule has 2 heteroatoms. The third kappa shape index (κ3) is 0.965. The second kappa shape index (κ2) is 2.09. The van der Waals surface area contributed by atoms with Crippen molar-refractivity contribution in [3.8, 4) is 6.07 Å². The van der Waals surface area contributed by atoms with Gasteiger partial charge in [0.15, 0.2) is 0 Å². The first-order chi connectivity index (χ1) is 5.27. The van der Waals surface area contributed by atoms with Crippen molar-refractivity contribution in [2.45, 2.75) is 25.2 Å². The van der Waals surface area contributed by atoms with E-state index in [-0.39, 0.29) is 5.41 Å². The molecule has 0 saturated heterocycles. The summed E-state index contributed by atoms with van der Waals surface area (Å²) in [5, 5.41) is 11.0. The Balaban J connectivity index is 2.38. The van der Waals surface area contributed by atoms with Crippen LogP contribution < -0.4 is 0 Å². The molecule has 0 spiro atoms. The van der Waals surface area contributed by atoms with Gasteiger partial charge in [0.05, 0.1) is 11.5 Å². The van der Waals surface area contributed by atoms with Gasteiger partial charge in [-0.3, -0.25) is 0 Å². The van der Waals surface area contributed by atoms with E-state index in [1.54, 1.807) is 11.3 Å². The summed E-state index contributed by atoms with van der Waals surface area (Å²) in [6.45, 7) is 2.08. The first-order valence-electron chi connectivity index (χ1n) is 3.74. The highest BCUT2D eigenvalue weighted by Crippen LogP contribution is 2.48. The van der Waals surface area contributed by atoms with Crippen LogP contribution in [0.5, 0.6) is 0 Å². The zero-order valence-corrected chi connectivity index (χ0v) is 7.24. The fraction of sp³-hybridized carbons (Fsp3) is 0.444. The maximum absolute atomic E-state index is 8.87. The van der Waals surface area contributed by atoms with Gasteiger partial charge in [0.2, 0.25) is 0 Å². The van der Waals surface area contributed by atoms with Crippen LogP contribution in [0.15, 0.2) is 11.4 Å². The molecule has 0 N–H and O–H groups in total. The van der Waals surface area contributed by atoms with Gasteiger partial charge in [0.1, 0.15) is 0 Å². The van der Waals surface area contributed by atoms with Crippen molar-refractivity contribution in [1.82, 2.24) is 0 Å². The Labute approximate surface area is 70.3 Å². The van der Waals surface area contributed by atoms with Crippen molar-refractivity contribution in [3.05, 3.63) is 21.9 Å². The van der Waals surface area contributed by atoms with E-state index >= 15 is 0 Å². The smallest absolute Gasteiger partial charge is 0.0831 e. The molecule has 0 amide bonds. The van der Waals surface area contributed by atoms with Crippen molar-refractivity contribution >= 4 is 11.3 Å². The first kappa shape index (κ1) is 6.87. The second-order valence-electron chi connectivity index (χ2n) is 3.14. The van der Waals surface area contributed by atoms with Crippen LogP contribution in [0.1, 0.15) is 23.3 Å². The number of thiophene rings is 1. The molecule has 2 rings (SSSR count). The van der Waals surface area contributed by atoms with Crippen LogP contribution in [0.4, 0.5) is 0 Å². The molecule has 0 aliphatic heterocycles. The second-order valence-corrected chi connectivity index (χ2v) is 4.26. The van der Waals surface area contributed by atoms with Crippen LogP contribution in [0, 0.1) is 18.3 Å². The lowest BCUT2D eigenvalue weighted by molar-refractivity contribution is 0.914. The van der Waals surface area contributed by atoms with Gasteiger partial charge in [-0.15, -0.1) is 11.3 Å². The van der Waals surface area contributed by atoms with Gasteiger partial charge in [-0.2, -0.15) is 5.26 Å². The van der Waals surface area contributed by atoms with Crippen molar-refractivity contribution in [1.29, 1.82) is 5.26 Å². The van der Waals surface area contributed by atoms with E-state index in [1.807, 2.05) is 0 Å². The van der Waals surface area contributed by atoms with Gasteiger partial charge < -0.3 is 0 Å². The monoisotopic (exact) mass is 163 g/mol. The van der Waals surface area contributed by atoms with E-state index in [0.29, 0.717) is 0 Å². The van der Waals surface area contributed by atoms with E-state index < -0.39 is 0 Å². The van der Waals surface area contributed by atoms with E-state index in [4.69, 9.17) is 5.26 Å². The Morgan fingerprint density at radius 2 is 2.36 bits per heavy atom. The Kier molecular flexibility index (Phi) is 1.30. The normalized spacial score (nSPS) is 19.3. The van der Waals surface area contributed by atoms with Gasteiger partial charge in [-0.05, 0) is 36.8 Å². The number of nitrogens with zero attached hydrogens (tertiary/aromatic N) is 1. The summed E-state index contributed by atoms with van der Waals surface area (Å²) in [6, 6.07) is 4.53. The minimum absolute atomic E-state index is 0.0786. The van der Waals surface area contributed by atoms with Crippen molar-refractivity contribution in [3.63, 3.8) is 0 Å². The van der Waals surface area contributed by atoms with Crippen LogP contribution in [0.25, 0.3) is 0 Å². The highest BCUT2D eigenvalue weighted by atomic mass is 32.1. The summed E-state index contributed by atoms with van der Waals surface area (Å²) < 4.78 is 0. The largest absolute Gasteiger partial charge is 0.197 e. The average Bonchev–Trinajstić information content (AvgIpc) is 2.70. The Hall–Kier alpha value is -0.810. The van der Waals surface area contributed by atoms with Crippen LogP contribution in [-0.2, 0) is 5.41 Å². The summed E-state index contributed by atoms with van der Waals surface area (Å²) in [4.78, 5) is 1.31. The fourth-order valence-corrected chi connectivity index (χ4v) is 2.09. The number of hydrogen-bond donors (Lipinski definition) is 0. The lowest BCUT2D eigenvalue weighted by Gasteiger charge is -1.98. The van der Waals surface area contributed by atoms with Gasteiger partial charge in [0.25, 0.3) is 0 Å². The summed E-state index contributed by atoms with van der Waals surface area (Å²) in [5.41, 5.74) is 1.16. The van der Waals surface area contributed by atoms with E-state index in [1.165, 1.54) is 10.4 Å². The number of aryl methyl sites for hydroxylation is 1.